The minimum atomic E-state index is -0.245. The Bertz CT molecular complexity index is 389. The van der Waals surface area contributed by atoms with Gasteiger partial charge < -0.3 is 15.7 Å². The van der Waals surface area contributed by atoms with Gasteiger partial charge in [0.25, 0.3) is 0 Å². The highest BCUT2D eigenvalue weighted by atomic mass is 16.3. The predicted molar refractivity (Wildman–Crippen MR) is 68.0 cm³/mol. The van der Waals surface area contributed by atoms with Crippen molar-refractivity contribution >= 4 is 17.3 Å². The monoisotopic (exact) mass is 234 g/mol. The summed E-state index contributed by atoms with van der Waals surface area (Å²) in [5.41, 5.74) is 1.76. The van der Waals surface area contributed by atoms with Crippen molar-refractivity contribution in [2.24, 2.45) is 0 Å². The zero-order chi connectivity index (χ0) is 12.3. The molecule has 0 saturated heterocycles. The molecule has 0 radical (unpaired) electrons. The van der Waals surface area contributed by atoms with E-state index in [1.165, 1.54) is 6.92 Å². The SMILES string of the molecule is CC(=O)Nc1ccc(N[C@@H]2CCC[C@H]2O)cc1. The maximum atomic E-state index is 10.9. The van der Waals surface area contributed by atoms with Crippen LogP contribution in [0.15, 0.2) is 24.3 Å². The van der Waals surface area contributed by atoms with E-state index < -0.39 is 0 Å². The van der Waals surface area contributed by atoms with Gasteiger partial charge in [0, 0.05) is 18.3 Å². The highest BCUT2D eigenvalue weighted by molar-refractivity contribution is 5.88. The third kappa shape index (κ3) is 3.20. The maximum Gasteiger partial charge on any atom is 0.221 e. The van der Waals surface area contributed by atoms with Gasteiger partial charge in [-0.2, -0.15) is 0 Å². The van der Waals surface area contributed by atoms with Gasteiger partial charge in [0.15, 0.2) is 0 Å². The largest absolute Gasteiger partial charge is 0.391 e. The highest BCUT2D eigenvalue weighted by Gasteiger charge is 2.24. The molecule has 1 aromatic carbocycles. The first kappa shape index (κ1) is 11.9. The normalized spacial score (nSPS) is 23.4. The van der Waals surface area contributed by atoms with Crippen LogP contribution in [0.3, 0.4) is 0 Å². The standard InChI is InChI=1S/C13H18N2O2/c1-9(16)14-10-5-7-11(8-6-10)15-12-3-2-4-13(12)17/h5-8,12-13,15,17H,2-4H2,1H3,(H,14,16)/t12-,13-/m1/s1. The average molecular weight is 234 g/mol. The summed E-state index contributed by atoms with van der Waals surface area (Å²) in [5.74, 6) is -0.0723. The average Bonchev–Trinajstić information content (AvgIpc) is 2.67. The number of hydrogen-bond acceptors (Lipinski definition) is 3. The van der Waals surface area contributed by atoms with E-state index >= 15 is 0 Å². The Morgan fingerprint density at radius 1 is 1.24 bits per heavy atom. The van der Waals surface area contributed by atoms with Crippen molar-refractivity contribution in [3.63, 3.8) is 0 Å². The molecule has 3 N–H and O–H groups in total. The van der Waals surface area contributed by atoms with E-state index in [1.54, 1.807) is 0 Å². The van der Waals surface area contributed by atoms with E-state index in [0.717, 1.165) is 30.6 Å². The lowest BCUT2D eigenvalue weighted by molar-refractivity contribution is -0.114. The van der Waals surface area contributed by atoms with Crippen molar-refractivity contribution < 1.29 is 9.90 Å². The van der Waals surface area contributed by atoms with Gasteiger partial charge >= 0.3 is 0 Å². The summed E-state index contributed by atoms with van der Waals surface area (Å²) in [5, 5.41) is 15.7. The van der Waals surface area contributed by atoms with Crippen molar-refractivity contribution in [1.29, 1.82) is 0 Å². The zero-order valence-electron chi connectivity index (χ0n) is 9.94. The summed E-state index contributed by atoms with van der Waals surface area (Å²) < 4.78 is 0. The lowest BCUT2D eigenvalue weighted by Crippen LogP contribution is -2.27. The minimum Gasteiger partial charge on any atom is -0.391 e. The molecule has 17 heavy (non-hydrogen) atoms. The van der Waals surface area contributed by atoms with E-state index in [4.69, 9.17) is 0 Å². The molecule has 2 rings (SSSR count). The number of carbonyl (C=O) groups is 1. The van der Waals surface area contributed by atoms with Gasteiger partial charge in [0.05, 0.1) is 12.1 Å². The number of hydrogen-bond donors (Lipinski definition) is 3. The van der Waals surface area contributed by atoms with Crippen LogP contribution < -0.4 is 10.6 Å². The Kier molecular flexibility index (Phi) is 3.64. The zero-order valence-corrected chi connectivity index (χ0v) is 9.94. The highest BCUT2D eigenvalue weighted by Crippen LogP contribution is 2.23. The van der Waals surface area contributed by atoms with Crippen molar-refractivity contribution in [2.75, 3.05) is 10.6 Å². The number of anilines is 2. The Labute approximate surface area is 101 Å². The Hall–Kier alpha value is -1.55. The molecule has 0 unspecified atom stereocenters. The lowest BCUT2D eigenvalue weighted by atomic mass is 10.2. The second-order valence-corrected chi connectivity index (χ2v) is 4.51. The van der Waals surface area contributed by atoms with Gasteiger partial charge in [0.1, 0.15) is 0 Å². The number of nitrogens with one attached hydrogen (secondary N) is 2. The first-order valence-corrected chi connectivity index (χ1v) is 5.97. The summed E-state index contributed by atoms with van der Waals surface area (Å²) in [6, 6.07) is 7.68. The third-order valence-electron chi connectivity index (χ3n) is 3.04. The fourth-order valence-corrected chi connectivity index (χ4v) is 2.18. The maximum absolute atomic E-state index is 10.9. The van der Waals surface area contributed by atoms with E-state index in [9.17, 15) is 9.90 Å². The molecule has 2 atom stereocenters. The molecular formula is C13H18N2O2. The van der Waals surface area contributed by atoms with Gasteiger partial charge in [-0.1, -0.05) is 0 Å². The summed E-state index contributed by atoms with van der Waals surface area (Å²) in [6.07, 6.45) is 2.71. The van der Waals surface area contributed by atoms with Crippen LogP contribution in [-0.2, 0) is 4.79 Å². The molecule has 1 aliphatic carbocycles. The van der Waals surface area contributed by atoms with Crippen molar-refractivity contribution in [3.05, 3.63) is 24.3 Å². The van der Waals surface area contributed by atoms with E-state index in [0.29, 0.717) is 0 Å². The number of aliphatic hydroxyl groups is 1. The molecule has 0 heterocycles. The van der Waals surface area contributed by atoms with E-state index in [2.05, 4.69) is 10.6 Å². The molecule has 1 fully saturated rings. The molecule has 1 amide bonds. The smallest absolute Gasteiger partial charge is 0.221 e. The van der Waals surface area contributed by atoms with Gasteiger partial charge in [-0.05, 0) is 43.5 Å². The molecule has 0 spiro atoms. The van der Waals surface area contributed by atoms with Gasteiger partial charge in [-0.15, -0.1) is 0 Å². The van der Waals surface area contributed by atoms with Crippen LogP contribution in [0.5, 0.6) is 0 Å². The molecule has 1 aliphatic rings. The van der Waals surface area contributed by atoms with Crippen LogP contribution in [0, 0.1) is 0 Å². The Balaban J connectivity index is 1.95. The van der Waals surface area contributed by atoms with Crippen LogP contribution in [0.4, 0.5) is 11.4 Å². The van der Waals surface area contributed by atoms with Gasteiger partial charge in [-0.25, -0.2) is 0 Å². The second kappa shape index (κ2) is 5.19. The van der Waals surface area contributed by atoms with Crippen LogP contribution in [0.2, 0.25) is 0 Å². The number of aliphatic hydroxyl groups excluding tert-OH is 1. The fourth-order valence-electron chi connectivity index (χ4n) is 2.18. The quantitative estimate of drug-likeness (QED) is 0.749. The summed E-state index contributed by atoms with van der Waals surface area (Å²) in [6.45, 7) is 1.49. The summed E-state index contributed by atoms with van der Waals surface area (Å²) >= 11 is 0. The van der Waals surface area contributed by atoms with Crippen LogP contribution in [0.25, 0.3) is 0 Å². The van der Waals surface area contributed by atoms with Crippen LogP contribution >= 0.6 is 0 Å². The number of amides is 1. The molecule has 0 aliphatic heterocycles. The van der Waals surface area contributed by atoms with Gasteiger partial charge in [-0.3, -0.25) is 4.79 Å². The van der Waals surface area contributed by atoms with Crippen LogP contribution in [0.1, 0.15) is 26.2 Å². The van der Waals surface area contributed by atoms with E-state index in [1.807, 2.05) is 24.3 Å². The van der Waals surface area contributed by atoms with Crippen molar-refractivity contribution in [1.82, 2.24) is 0 Å². The third-order valence-corrected chi connectivity index (χ3v) is 3.04. The molecular weight excluding hydrogens is 216 g/mol. The number of rotatable bonds is 3. The minimum absolute atomic E-state index is 0.0723. The van der Waals surface area contributed by atoms with Crippen molar-refractivity contribution in [2.45, 2.75) is 38.3 Å². The Morgan fingerprint density at radius 2 is 1.88 bits per heavy atom. The fraction of sp³-hybridized carbons (Fsp3) is 0.462. The second-order valence-electron chi connectivity index (χ2n) is 4.51. The molecule has 4 nitrogen and oxygen atoms in total. The molecule has 4 heteroatoms. The molecule has 1 aromatic rings. The van der Waals surface area contributed by atoms with Crippen LogP contribution in [-0.4, -0.2) is 23.2 Å². The van der Waals surface area contributed by atoms with E-state index in [-0.39, 0.29) is 18.1 Å². The molecule has 1 saturated carbocycles. The van der Waals surface area contributed by atoms with Crippen molar-refractivity contribution in [3.8, 4) is 0 Å². The first-order valence-electron chi connectivity index (χ1n) is 5.97. The summed E-state index contributed by atoms with van der Waals surface area (Å²) in [7, 11) is 0. The lowest BCUT2D eigenvalue weighted by Gasteiger charge is -2.17. The molecule has 0 aromatic heterocycles. The predicted octanol–water partition coefficient (Wildman–Crippen LogP) is 1.97. The topological polar surface area (TPSA) is 61.4 Å². The molecule has 0 bridgehead atoms. The number of carbonyl (C=O) groups excluding carboxylic acids is 1. The number of benzene rings is 1. The molecule has 92 valence electrons. The Morgan fingerprint density at radius 3 is 2.41 bits per heavy atom. The van der Waals surface area contributed by atoms with Gasteiger partial charge in [0.2, 0.25) is 5.91 Å². The first-order chi connectivity index (χ1) is 8.15. The summed E-state index contributed by atoms with van der Waals surface area (Å²) in [4.78, 5) is 10.9.